The predicted molar refractivity (Wildman–Crippen MR) is 96.3 cm³/mol. The summed E-state index contributed by atoms with van der Waals surface area (Å²) in [6, 6.07) is 12.1. The molecule has 128 valence electrons. The molecular weight excluding hydrogens is 365 g/mol. The van der Waals surface area contributed by atoms with Gasteiger partial charge < -0.3 is 14.5 Å². The quantitative estimate of drug-likeness (QED) is 0.660. The molecule has 0 radical (unpaired) electrons. The molecule has 5 nitrogen and oxygen atoms in total. The van der Waals surface area contributed by atoms with E-state index in [9.17, 15) is 9.59 Å². The Morgan fingerprint density at radius 3 is 2.64 bits per heavy atom. The number of rotatable bonds is 4. The van der Waals surface area contributed by atoms with Gasteiger partial charge in [0.1, 0.15) is 5.58 Å². The lowest BCUT2D eigenvalue weighted by Crippen LogP contribution is -2.21. The molecule has 0 aliphatic rings. The minimum absolute atomic E-state index is 0.0785. The first-order valence-corrected chi connectivity index (χ1v) is 8.12. The van der Waals surface area contributed by atoms with Crippen LogP contribution in [0.4, 0.5) is 5.69 Å². The van der Waals surface area contributed by atoms with Gasteiger partial charge in [0.15, 0.2) is 6.61 Å². The van der Waals surface area contributed by atoms with Gasteiger partial charge in [0.25, 0.3) is 5.91 Å². The van der Waals surface area contributed by atoms with Gasteiger partial charge >= 0.3 is 5.97 Å². The molecule has 0 saturated heterocycles. The SMILES string of the molecule is Cc1c(C(=O)OCC(=O)Nc2cccc(Cl)c2Cl)oc2ccccc12. The van der Waals surface area contributed by atoms with Crippen molar-refractivity contribution in [1.29, 1.82) is 0 Å². The van der Waals surface area contributed by atoms with Crippen molar-refractivity contribution in [3.8, 4) is 0 Å². The van der Waals surface area contributed by atoms with Crippen LogP contribution in [0.1, 0.15) is 16.1 Å². The average molecular weight is 378 g/mol. The number of aryl methyl sites for hydroxylation is 1. The number of benzene rings is 2. The standard InChI is InChI=1S/C18H13Cl2NO4/c1-10-11-5-2-3-8-14(11)25-17(10)18(23)24-9-15(22)21-13-7-4-6-12(19)16(13)20/h2-8H,9H2,1H3,(H,21,22). The molecule has 0 aliphatic carbocycles. The van der Waals surface area contributed by atoms with Crippen LogP contribution in [-0.2, 0) is 9.53 Å². The summed E-state index contributed by atoms with van der Waals surface area (Å²) in [5.41, 5.74) is 1.59. The van der Waals surface area contributed by atoms with E-state index >= 15 is 0 Å². The van der Waals surface area contributed by atoms with Gasteiger partial charge in [0.2, 0.25) is 5.76 Å². The van der Waals surface area contributed by atoms with E-state index in [2.05, 4.69) is 5.32 Å². The van der Waals surface area contributed by atoms with E-state index < -0.39 is 18.5 Å². The number of para-hydroxylation sites is 1. The smallest absolute Gasteiger partial charge is 0.375 e. The van der Waals surface area contributed by atoms with Gasteiger partial charge in [0, 0.05) is 10.9 Å². The first kappa shape index (κ1) is 17.3. The van der Waals surface area contributed by atoms with E-state index in [-0.39, 0.29) is 10.8 Å². The molecule has 0 atom stereocenters. The number of furan rings is 1. The van der Waals surface area contributed by atoms with Crippen molar-refractivity contribution in [1.82, 2.24) is 0 Å². The summed E-state index contributed by atoms with van der Waals surface area (Å²) in [6.45, 7) is 1.28. The second kappa shape index (κ2) is 7.17. The van der Waals surface area contributed by atoms with E-state index in [0.717, 1.165) is 5.39 Å². The normalized spacial score (nSPS) is 10.7. The van der Waals surface area contributed by atoms with Crippen molar-refractivity contribution >= 4 is 51.7 Å². The van der Waals surface area contributed by atoms with Gasteiger partial charge in [-0.2, -0.15) is 0 Å². The number of carbonyl (C=O) groups is 2. The molecule has 3 rings (SSSR count). The van der Waals surface area contributed by atoms with Crippen molar-refractivity contribution in [2.24, 2.45) is 0 Å². The maximum absolute atomic E-state index is 12.2. The van der Waals surface area contributed by atoms with Crippen LogP contribution in [-0.4, -0.2) is 18.5 Å². The molecule has 2 aromatic carbocycles. The van der Waals surface area contributed by atoms with E-state index in [1.54, 1.807) is 31.2 Å². The van der Waals surface area contributed by atoms with Gasteiger partial charge in [-0.15, -0.1) is 0 Å². The molecular formula is C18H13Cl2NO4. The summed E-state index contributed by atoms with van der Waals surface area (Å²) in [4.78, 5) is 24.1. The van der Waals surface area contributed by atoms with Crippen molar-refractivity contribution in [3.63, 3.8) is 0 Å². The lowest BCUT2D eigenvalue weighted by atomic mass is 10.1. The number of anilines is 1. The highest BCUT2D eigenvalue weighted by Crippen LogP contribution is 2.29. The van der Waals surface area contributed by atoms with Crippen LogP contribution in [0.5, 0.6) is 0 Å². The van der Waals surface area contributed by atoms with Gasteiger partial charge in [-0.1, -0.05) is 47.5 Å². The Kier molecular flexibility index (Phi) is 4.97. The molecule has 1 N–H and O–H groups in total. The van der Waals surface area contributed by atoms with E-state index in [1.165, 1.54) is 0 Å². The van der Waals surface area contributed by atoms with Crippen LogP contribution in [0.15, 0.2) is 46.9 Å². The van der Waals surface area contributed by atoms with Gasteiger partial charge in [0.05, 0.1) is 15.7 Å². The van der Waals surface area contributed by atoms with Crippen molar-refractivity contribution < 1.29 is 18.7 Å². The summed E-state index contributed by atoms with van der Waals surface area (Å²) >= 11 is 11.9. The highest BCUT2D eigenvalue weighted by atomic mass is 35.5. The van der Waals surface area contributed by atoms with E-state index in [0.29, 0.717) is 21.9 Å². The Bertz CT molecular complexity index is 965. The molecule has 1 heterocycles. The number of fused-ring (bicyclic) bond motifs is 1. The Morgan fingerprint density at radius 1 is 1.12 bits per heavy atom. The van der Waals surface area contributed by atoms with Crippen molar-refractivity contribution in [2.75, 3.05) is 11.9 Å². The Balaban J connectivity index is 1.66. The molecule has 0 spiro atoms. The minimum atomic E-state index is -0.707. The highest BCUT2D eigenvalue weighted by Gasteiger charge is 2.20. The summed E-state index contributed by atoms with van der Waals surface area (Å²) < 4.78 is 10.5. The molecule has 0 saturated carbocycles. The fourth-order valence-corrected chi connectivity index (χ4v) is 2.70. The lowest BCUT2D eigenvalue weighted by Gasteiger charge is -2.08. The molecule has 0 bridgehead atoms. The molecule has 1 aromatic heterocycles. The summed E-state index contributed by atoms with van der Waals surface area (Å²) in [5, 5.41) is 3.89. The lowest BCUT2D eigenvalue weighted by molar-refractivity contribution is -0.119. The molecule has 0 unspecified atom stereocenters. The van der Waals surface area contributed by atoms with Crippen LogP contribution in [0, 0.1) is 6.92 Å². The number of nitrogens with one attached hydrogen (secondary N) is 1. The topological polar surface area (TPSA) is 68.5 Å². The summed E-state index contributed by atoms with van der Waals surface area (Å²) in [7, 11) is 0. The zero-order chi connectivity index (χ0) is 18.0. The molecule has 0 aliphatic heterocycles. The molecule has 1 amide bonds. The fraction of sp³-hybridized carbons (Fsp3) is 0.111. The average Bonchev–Trinajstić information content (AvgIpc) is 2.94. The Morgan fingerprint density at radius 2 is 1.88 bits per heavy atom. The van der Waals surface area contributed by atoms with Crippen LogP contribution < -0.4 is 5.32 Å². The zero-order valence-electron chi connectivity index (χ0n) is 13.1. The largest absolute Gasteiger partial charge is 0.450 e. The molecule has 25 heavy (non-hydrogen) atoms. The fourth-order valence-electron chi connectivity index (χ4n) is 2.35. The number of esters is 1. The monoisotopic (exact) mass is 377 g/mol. The van der Waals surface area contributed by atoms with E-state index in [1.807, 2.05) is 18.2 Å². The maximum Gasteiger partial charge on any atom is 0.375 e. The molecule has 0 fully saturated rings. The molecule has 3 aromatic rings. The number of carbonyl (C=O) groups excluding carboxylic acids is 2. The van der Waals surface area contributed by atoms with Gasteiger partial charge in [-0.25, -0.2) is 4.79 Å². The first-order chi connectivity index (χ1) is 12.0. The Hall–Kier alpha value is -2.50. The van der Waals surface area contributed by atoms with Crippen LogP contribution >= 0.6 is 23.2 Å². The second-order valence-corrected chi connectivity index (χ2v) is 6.06. The number of hydrogen-bond acceptors (Lipinski definition) is 4. The summed E-state index contributed by atoms with van der Waals surface area (Å²) in [6.07, 6.45) is 0. The predicted octanol–water partition coefficient (Wildman–Crippen LogP) is 4.84. The zero-order valence-corrected chi connectivity index (χ0v) is 14.6. The molecule has 7 heteroatoms. The first-order valence-electron chi connectivity index (χ1n) is 7.36. The van der Waals surface area contributed by atoms with Crippen molar-refractivity contribution in [2.45, 2.75) is 6.92 Å². The van der Waals surface area contributed by atoms with Crippen molar-refractivity contribution in [3.05, 3.63) is 63.8 Å². The number of halogens is 2. The number of amides is 1. The number of ether oxygens (including phenoxy) is 1. The highest BCUT2D eigenvalue weighted by molar-refractivity contribution is 6.44. The third kappa shape index (κ3) is 3.62. The minimum Gasteiger partial charge on any atom is -0.450 e. The summed E-state index contributed by atoms with van der Waals surface area (Å²) in [5.74, 6) is -1.16. The van der Waals surface area contributed by atoms with Crippen LogP contribution in [0.3, 0.4) is 0 Å². The van der Waals surface area contributed by atoms with Crippen LogP contribution in [0.2, 0.25) is 10.0 Å². The van der Waals surface area contributed by atoms with E-state index in [4.69, 9.17) is 32.4 Å². The Labute approximate surface area is 153 Å². The maximum atomic E-state index is 12.2. The second-order valence-electron chi connectivity index (χ2n) is 5.28. The van der Waals surface area contributed by atoms with Gasteiger partial charge in [-0.05, 0) is 25.1 Å². The van der Waals surface area contributed by atoms with Gasteiger partial charge in [-0.3, -0.25) is 4.79 Å². The third-order valence-electron chi connectivity index (χ3n) is 3.59. The number of hydrogen-bond donors (Lipinski definition) is 1. The van der Waals surface area contributed by atoms with Crippen LogP contribution in [0.25, 0.3) is 11.0 Å². The third-order valence-corrected chi connectivity index (χ3v) is 4.41.